The van der Waals surface area contributed by atoms with Gasteiger partial charge >= 0.3 is 0 Å². The summed E-state index contributed by atoms with van der Waals surface area (Å²) in [5.74, 6) is -2.36. The lowest BCUT2D eigenvalue weighted by atomic mass is 10.2. The topological polar surface area (TPSA) is 247 Å². The molecule has 34 heavy (non-hydrogen) atoms. The highest BCUT2D eigenvalue weighted by molar-refractivity contribution is 5.86. The van der Waals surface area contributed by atoms with Crippen molar-refractivity contribution in [3.8, 4) is 0 Å². The molecule has 0 atom stereocenters. The number of carboxylic acids is 2. The highest BCUT2D eigenvalue weighted by Crippen LogP contribution is 2.04. The minimum Gasteiger partial charge on any atom is -0.545 e. The molecule has 2 aromatic carbocycles. The maximum absolute atomic E-state index is 10.2. The summed E-state index contributed by atoms with van der Waals surface area (Å²) in [6, 6.07) is 11.7. The minimum absolute atomic E-state index is 0. The van der Waals surface area contributed by atoms with Crippen LogP contribution in [0.4, 0.5) is 11.4 Å². The molecule has 0 amide bonds. The maximum atomic E-state index is 10.2. The van der Waals surface area contributed by atoms with Crippen LogP contribution in [0.5, 0.6) is 0 Å². The van der Waals surface area contributed by atoms with Crippen molar-refractivity contribution in [1.82, 2.24) is 0 Å². The molecule has 1 fully saturated rings. The van der Waals surface area contributed by atoms with Gasteiger partial charge in [0.05, 0.1) is 64.5 Å². The van der Waals surface area contributed by atoms with Crippen LogP contribution in [0, 0.1) is 0 Å². The van der Waals surface area contributed by atoms with E-state index in [0.717, 1.165) is 52.6 Å². The van der Waals surface area contributed by atoms with E-state index in [1.165, 1.54) is 48.5 Å². The van der Waals surface area contributed by atoms with Crippen LogP contribution in [0.3, 0.4) is 0 Å². The van der Waals surface area contributed by atoms with E-state index in [2.05, 4.69) is 10.6 Å². The lowest BCUT2D eigenvalue weighted by Crippen LogP contribution is -2.87. The number of hydrogen-bond acceptors (Lipinski definition) is 8. The Morgan fingerprint density at radius 2 is 0.882 bits per heavy atom. The first-order chi connectivity index (χ1) is 15.4. The SMILES string of the molecule is C1COCC[NH2+]CCOCC[NH2+]1.Nc1ccc(C(=O)[O-])cc1.Nc1ccc(C(=O)[O-])cc1.O.O. The van der Waals surface area contributed by atoms with E-state index in [1.54, 1.807) is 0 Å². The van der Waals surface area contributed by atoms with Crippen molar-refractivity contribution in [3.63, 3.8) is 0 Å². The number of carboxylic acid groups (broad SMARTS) is 2. The van der Waals surface area contributed by atoms with Crippen LogP contribution in [-0.2, 0) is 9.47 Å². The molecule has 0 spiro atoms. The summed E-state index contributed by atoms with van der Waals surface area (Å²) in [6.07, 6.45) is 0. The average molecular weight is 485 g/mol. The second-order valence-electron chi connectivity index (χ2n) is 6.78. The molecule has 0 saturated carbocycles. The second-order valence-corrected chi connectivity index (χ2v) is 6.78. The molecule has 0 aliphatic carbocycles. The van der Waals surface area contributed by atoms with Gasteiger partial charge in [0.15, 0.2) is 0 Å². The predicted octanol–water partition coefficient (Wildman–Crippen LogP) is -5.22. The first-order valence-corrected chi connectivity index (χ1v) is 10.3. The number of carbonyl (C=O) groups excluding carboxylic acids is 2. The number of nitrogens with two attached hydrogens (primary N) is 4. The van der Waals surface area contributed by atoms with Crippen LogP contribution in [-0.4, -0.2) is 75.5 Å². The highest BCUT2D eigenvalue weighted by Gasteiger charge is 1.97. The zero-order chi connectivity index (χ0) is 23.6. The van der Waals surface area contributed by atoms with Crippen LogP contribution >= 0.6 is 0 Å². The molecule has 1 saturated heterocycles. The molecule has 0 bridgehead atoms. The molecule has 1 aliphatic rings. The van der Waals surface area contributed by atoms with Crippen molar-refractivity contribution >= 4 is 23.3 Å². The second kappa shape index (κ2) is 20.4. The summed E-state index contributed by atoms with van der Waals surface area (Å²) in [4.78, 5) is 20.3. The zero-order valence-corrected chi connectivity index (χ0v) is 19.0. The van der Waals surface area contributed by atoms with E-state index in [9.17, 15) is 19.8 Å². The van der Waals surface area contributed by atoms with Crippen molar-refractivity contribution < 1.29 is 50.9 Å². The standard InChI is InChI=1S/C8H18N2O2.2C7H7NO2.2H2O/c1-5-11-7-3-10-4-8-12-6-2-9-1;2*8-6-3-1-5(2-4-6)7(9)10;;/h9-10H,1-8H2;2*1-4H,8H2,(H,9,10);2*1H2. The minimum atomic E-state index is -1.18. The third kappa shape index (κ3) is 16.4. The summed E-state index contributed by atoms with van der Waals surface area (Å²) < 4.78 is 10.8. The average Bonchev–Trinajstić information content (AvgIpc) is 2.76. The highest BCUT2D eigenvalue weighted by atomic mass is 16.5. The molecule has 192 valence electrons. The Hall–Kier alpha value is -3.26. The quantitative estimate of drug-likeness (QED) is 0.299. The molecule has 0 radical (unpaired) electrons. The summed E-state index contributed by atoms with van der Waals surface area (Å²) in [7, 11) is 0. The van der Waals surface area contributed by atoms with Gasteiger partial charge in [0, 0.05) is 11.4 Å². The van der Waals surface area contributed by atoms with E-state index in [-0.39, 0.29) is 22.1 Å². The molecule has 1 heterocycles. The van der Waals surface area contributed by atoms with Crippen molar-refractivity contribution in [2.45, 2.75) is 0 Å². The van der Waals surface area contributed by atoms with Crippen molar-refractivity contribution in [1.29, 1.82) is 0 Å². The first kappa shape index (κ1) is 32.9. The van der Waals surface area contributed by atoms with Gasteiger partial charge in [0.25, 0.3) is 0 Å². The summed E-state index contributed by atoms with van der Waals surface area (Å²) in [5.41, 5.74) is 12.0. The third-order valence-electron chi connectivity index (χ3n) is 4.16. The Morgan fingerprint density at radius 1 is 0.618 bits per heavy atom. The van der Waals surface area contributed by atoms with Crippen LogP contribution in [0.15, 0.2) is 48.5 Å². The zero-order valence-electron chi connectivity index (χ0n) is 19.0. The van der Waals surface area contributed by atoms with E-state index in [4.69, 9.17) is 20.9 Å². The number of benzene rings is 2. The lowest BCUT2D eigenvalue weighted by molar-refractivity contribution is -0.669. The fourth-order valence-corrected chi connectivity index (χ4v) is 2.40. The smallest absolute Gasteiger partial charge is 0.0993 e. The number of ether oxygens (including phenoxy) is 2. The van der Waals surface area contributed by atoms with Gasteiger partial charge in [-0.2, -0.15) is 0 Å². The van der Waals surface area contributed by atoms with Crippen LogP contribution in [0.2, 0.25) is 0 Å². The van der Waals surface area contributed by atoms with Crippen molar-refractivity contribution in [2.75, 3.05) is 64.1 Å². The summed E-state index contributed by atoms with van der Waals surface area (Å²) in [6.45, 7) is 7.71. The first-order valence-electron chi connectivity index (χ1n) is 10.3. The predicted molar refractivity (Wildman–Crippen MR) is 123 cm³/mol. The van der Waals surface area contributed by atoms with E-state index in [1.807, 2.05) is 0 Å². The molecule has 1 aliphatic heterocycles. The normalized spacial score (nSPS) is 13.9. The van der Waals surface area contributed by atoms with Gasteiger partial charge in [-0.05, 0) is 35.4 Å². The monoisotopic (exact) mass is 484 g/mol. The van der Waals surface area contributed by atoms with Gasteiger partial charge in [0.2, 0.25) is 0 Å². The maximum Gasteiger partial charge on any atom is 0.0993 e. The molecule has 3 rings (SSSR count). The molecule has 12 nitrogen and oxygen atoms in total. The van der Waals surface area contributed by atoms with Gasteiger partial charge in [-0.3, -0.25) is 0 Å². The molecule has 0 aromatic heterocycles. The molecule has 12 N–H and O–H groups in total. The van der Waals surface area contributed by atoms with Crippen LogP contribution in [0.1, 0.15) is 20.7 Å². The fourth-order valence-electron chi connectivity index (χ4n) is 2.40. The number of rotatable bonds is 2. The van der Waals surface area contributed by atoms with Gasteiger partial charge < -0.3 is 62.3 Å². The number of anilines is 2. The Balaban J connectivity index is 0. The largest absolute Gasteiger partial charge is 0.545 e. The van der Waals surface area contributed by atoms with Crippen molar-refractivity contribution in [3.05, 3.63) is 59.7 Å². The van der Waals surface area contributed by atoms with Crippen molar-refractivity contribution in [2.24, 2.45) is 0 Å². The Labute approximate surface area is 198 Å². The lowest BCUT2D eigenvalue weighted by Gasteiger charge is -2.07. The van der Waals surface area contributed by atoms with Crippen LogP contribution in [0.25, 0.3) is 0 Å². The number of carbonyl (C=O) groups is 2. The van der Waals surface area contributed by atoms with E-state index in [0.29, 0.717) is 11.4 Å². The molecule has 2 aromatic rings. The Kier molecular flexibility index (Phi) is 19.7. The molecular weight excluding hydrogens is 448 g/mol. The summed E-state index contributed by atoms with van der Waals surface area (Å²) in [5, 5.41) is 24.8. The molecule has 0 unspecified atom stereocenters. The van der Waals surface area contributed by atoms with Gasteiger partial charge in [-0.25, -0.2) is 0 Å². The fraction of sp³-hybridized carbons (Fsp3) is 0.364. The number of aromatic carboxylic acids is 2. The molecule has 12 heteroatoms. The third-order valence-corrected chi connectivity index (χ3v) is 4.16. The van der Waals surface area contributed by atoms with Gasteiger partial charge in [-0.1, -0.05) is 24.3 Å². The molecular formula is C22H36N4O8. The van der Waals surface area contributed by atoms with Crippen LogP contribution < -0.4 is 32.3 Å². The summed E-state index contributed by atoms with van der Waals surface area (Å²) >= 11 is 0. The van der Waals surface area contributed by atoms with Gasteiger partial charge in [-0.15, -0.1) is 0 Å². The Morgan fingerprint density at radius 3 is 1.12 bits per heavy atom. The number of hydrogen-bond donors (Lipinski definition) is 4. The Bertz CT molecular complexity index is 690. The van der Waals surface area contributed by atoms with Gasteiger partial charge in [0.1, 0.15) is 0 Å². The van der Waals surface area contributed by atoms with E-state index < -0.39 is 11.9 Å². The number of nitrogen functional groups attached to an aromatic ring is 2. The van der Waals surface area contributed by atoms with E-state index >= 15 is 0 Å². The number of quaternary nitrogens is 2.